The van der Waals surface area contributed by atoms with Gasteiger partial charge >= 0.3 is 0 Å². The molecule has 3 rings (SSSR count). The van der Waals surface area contributed by atoms with Crippen molar-refractivity contribution in [2.24, 2.45) is 5.92 Å². The number of benzene rings is 2. The van der Waals surface area contributed by atoms with Gasteiger partial charge in [0, 0.05) is 30.3 Å². The Hall–Kier alpha value is -2.82. The Kier molecular flexibility index (Phi) is 5.56. The number of nitrogens with zero attached hydrogens (tertiary/aromatic N) is 1. The molecule has 5 heteroatoms. The number of anilines is 1. The van der Waals surface area contributed by atoms with Gasteiger partial charge < -0.3 is 15.0 Å². The van der Waals surface area contributed by atoms with E-state index < -0.39 is 0 Å². The van der Waals surface area contributed by atoms with E-state index in [0.29, 0.717) is 37.2 Å². The van der Waals surface area contributed by atoms with E-state index >= 15 is 0 Å². The Morgan fingerprint density at radius 2 is 1.81 bits per heavy atom. The van der Waals surface area contributed by atoms with Gasteiger partial charge in [0.15, 0.2) is 0 Å². The molecule has 2 aromatic rings. The molecule has 1 N–H and O–H groups in total. The van der Waals surface area contributed by atoms with Crippen molar-refractivity contribution in [3.63, 3.8) is 0 Å². The lowest BCUT2D eigenvalue weighted by molar-refractivity contribution is -0.121. The SMILES string of the molecule is COc1cccc(C(=O)N2CCC(C(=O)Nc3ccccc3C)CC2)c1. The first-order valence-corrected chi connectivity index (χ1v) is 8.88. The number of likely N-dealkylation sites (tertiary alicyclic amines) is 1. The zero-order valence-electron chi connectivity index (χ0n) is 15.2. The van der Waals surface area contributed by atoms with Crippen LogP contribution in [0.5, 0.6) is 5.75 Å². The summed E-state index contributed by atoms with van der Waals surface area (Å²) in [7, 11) is 1.59. The van der Waals surface area contributed by atoms with Crippen LogP contribution in [0.3, 0.4) is 0 Å². The minimum absolute atomic E-state index is 0.0124. The lowest BCUT2D eigenvalue weighted by Gasteiger charge is -2.31. The second kappa shape index (κ2) is 8.04. The van der Waals surface area contributed by atoms with Crippen LogP contribution in [-0.2, 0) is 4.79 Å². The molecular formula is C21H24N2O3. The van der Waals surface area contributed by atoms with Crippen LogP contribution in [-0.4, -0.2) is 36.9 Å². The quantitative estimate of drug-likeness (QED) is 0.916. The van der Waals surface area contributed by atoms with E-state index in [1.54, 1.807) is 19.2 Å². The minimum Gasteiger partial charge on any atom is -0.497 e. The molecule has 2 amide bonds. The van der Waals surface area contributed by atoms with E-state index in [9.17, 15) is 9.59 Å². The van der Waals surface area contributed by atoms with Gasteiger partial charge in [0.05, 0.1) is 7.11 Å². The highest BCUT2D eigenvalue weighted by Crippen LogP contribution is 2.23. The molecular weight excluding hydrogens is 328 g/mol. The third-order valence-corrected chi connectivity index (χ3v) is 4.87. The zero-order chi connectivity index (χ0) is 18.5. The van der Waals surface area contributed by atoms with E-state index in [0.717, 1.165) is 11.3 Å². The molecule has 0 bridgehead atoms. The average Bonchev–Trinajstić information content (AvgIpc) is 2.69. The van der Waals surface area contributed by atoms with E-state index in [-0.39, 0.29) is 17.7 Å². The lowest BCUT2D eigenvalue weighted by atomic mass is 9.95. The molecule has 0 radical (unpaired) electrons. The highest BCUT2D eigenvalue weighted by molar-refractivity contribution is 5.95. The summed E-state index contributed by atoms with van der Waals surface area (Å²) < 4.78 is 5.18. The highest BCUT2D eigenvalue weighted by Gasteiger charge is 2.28. The van der Waals surface area contributed by atoms with Crippen molar-refractivity contribution < 1.29 is 14.3 Å². The maximum atomic E-state index is 12.6. The number of carbonyl (C=O) groups is 2. The molecule has 1 aliphatic rings. The van der Waals surface area contributed by atoms with Crippen molar-refractivity contribution in [1.82, 2.24) is 4.90 Å². The van der Waals surface area contributed by atoms with Crippen molar-refractivity contribution in [1.29, 1.82) is 0 Å². The van der Waals surface area contributed by atoms with E-state index in [2.05, 4.69) is 5.32 Å². The largest absolute Gasteiger partial charge is 0.497 e. The number of aryl methyl sites for hydroxylation is 1. The number of rotatable bonds is 4. The molecule has 0 aliphatic carbocycles. The van der Waals surface area contributed by atoms with Crippen LogP contribution in [0.25, 0.3) is 0 Å². The van der Waals surface area contributed by atoms with Gasteiger partial charge in [-0.05, 0) is 49.6 Å². The number of amides is 2. The lowest BCUT2D eigenvalue weighted by Crippen LogP contribution is -2.41. The number of hydrogen-bond donors (Lipinski definition) is 1. The molecule has 1 aliphatic heterocycles. The van der Waals surface area contributed by atoms with Crippen molar-refractivity contribution in [2.75, 3.05) is 25.5 Å². The van der Waals surface area contributed by atoms with Gasteiger partial charge in [-0.25, -0.2) is 0 Å². The average molecular weight is 352 g/mol. The number of hydrogen-bond acceptors (Lipinski definition) is 3. The van der Waals surface area contributed by atoms with Crippen LogP contribution in [0.15, 0.2) is 48.5 Å². The minimum atomic E-state index is -0.0658. The van der Waals surface area contributed by atoms with Gasteiger partial charge in [-0.2, -0.15) is 0 Å². The molecule has 2 aromatic carbocycles. The Morgan fingerprint density at radius 1 is 1.08 bits per heavy atom. The molecule has 0 saturated carbocycles. The summed E-state index contributed by atoms with van der Waals surface area (Å²) in [5.74, 6) is 0.627. The number of para-hydroxylation sites is 1. The van der Waals surface area contributed by atoms with Crippen LogP contribution >= 0.6 is 0 Å². The van der Waals surface area contributed by atoms with Gasteiger partial charge in [0.1, 0.15) is 5.75 Å². The first kappa shape index (κ1) is 18.0. The molecule has 0 spiro atoms. The van der Waals surface area contributed by atoms with Gasteiger partial charge in [-0.3, -0.25) is 9.59 Å². The van der Waals surface area contributed by atoms with E-state index in [1.807, 2.05) is 48.2 Å². The second-order valence-corrected chi connectivity index (χ2v) is 6.60. The summed E-state index contributed by atoms with van der Waals surface area (Å²) in [6.07, 6.45) is 1.35. The number of ether oxygens (including phenoxy) is 1. The number of methoxy groups -OCH3 is 1. The first-order valence-electron chi connectivity index (χ1n) is 8.88. The normalized spacial score (nSPS) is 14.8. The van der Waals surface area contributed by atoms with Crippen LogP contribution in [0.1, 0.15) is 28.8 Å². The van der Waals surface area contributed by atoms with Crippen molar-refractivity contribution in [2.45, 2.75) is 19.8 Å². The maximum Gasteiger partial charge on any atom is 0.253 e. The third-order valence-electron chi connectivity index (χ3n) is 4.87. The predicted molar refractivity (Wildman–Crippen MR) is 101 cm³/mol. The van der Waals surface area contributed by atoms with Crippen molar-refractivity contribution in [3.05, 3.63) is 59.7 Å². The molecule has 0 atom stereocenters. The zero-order valence-corrected chi connectivity index (χ0v) is 15.2. The van der Waals surface area contributed by atoms with Crippen LogP contribution in [0, 0.1) is 12.8 Å². The van der Waals surface area contributed by atoms with Crippen molar-refractivity contribution in [3.8, 4) is 5.75 Å². The van der Waals surface area contributed by atoms with Gasteiger partial charge in [0.25, 0.3) is 5.91 Å². The number of nitrogens with one attached hydrogen (secondary N) is 1. The molecule has 136 valence electrons. The van der Waals surface area contributed by atoms with Crippen LogP contribution in [0.2, 0.25) is 0 Å². The summed E-state index contributed by atoms with van der Waals surface area (Å²) in [5.41, 5.74) is 2.52. The van der Waals surface area contributed by atoms with Gasteiger partial charge in [-0.15, -0.1) is 0 Å². The number of carbonyl (C=O) groups excluding carboxylic acids is 2. The van der Waals surface area contributed by atoms with Gasteiger partial charge in [0.2, 0.25) is 5.91 Å². The molecule has 0 unspecified atom stereocenters. The fraction of sp³-hybridized carbons (Fsp3) is 0.333. The van der Waals surface area contributed by atoms with Crippen molar-refractivity contribution >= 4 is 17.5 Å². The smallest absolute Gasteiger partial charge is 0.253 e. The van der Waals surface area contributed by atoms with Crippen LogP contribution in [0.4, 0.5) is 5.69 Å². The van der Waals surface area contributed by atoms with E-state index in [4.69, 9.17) is 4.74 Å². The Labute approximate surface area is 154 Å². The third kappa shape index (κ3) is 4.04. The molecule has 1 fully saturated rings. The summed E-state index contributed by atoms with van der Waals surface area (Å²) in [6, 6.07) is 14.9. The van der Waals surface area contributed by atoms with Gasteiger partial charge in [-0.1, -0.05) is 24.3 Å². The molecule has 1 saturated heterocycles. The Morgan fingerprint density at radius 3 is 2.50 bits per heavy atom. The predicted octanol–water partition coefficient (Wildman–Crippen LogP) is 3.49. The van der Waals surface area contributed by atoms with E-state index in [1.165, 1.54) is 0 Å². The molecule has 5 nitrogen and oxygen atoms in total. The second-order valence-electron chi connectivity index (χ2n) is 6.60. The Bertz CT molecular complexity index is 795. The standard InChI is InChI=1S/C21H24N2O3/c1-15-6-3-4-9-19(15)22-20(24)16-10-12-23(13-11-16)21(25)17-7-5-8-18(14-17)26-2/h3-9,14,16H,10-13H2,1-2H3,(H,22,24). The molecule has 1 heterocycles. The summed E-state index contributed by atoms with van der Waals surface area (Å²) in [5, 5.41) is 3.01. The number of piperidine rings is 1. The molecule has 26 heavy (non-hydrogen) atoms. The first-order chi connectivity index (χ1) is 12.6. The fourth-order valence-corrected chi connectivity index (χ4v) is 3.23. The Balaban J connectivity index is 1.57. The fourth-order valence-electron chi connectivity index (χ4n) is 3.23. The molecule has 0 aromatic heterocycles. The summed E-state index contributed by atoms with van der Waals surface area (Å²) >= 11 is 0. The maximum absolute atomic E-state index is 12.6. The summed E-state index contributed by atoms with van der Waals surface area (Å²) in [4.78, 5) is 27.0. The monoisotopic (exact) mass is 352 g/mol. The van der Waals surface area contributed by atoms with Crippen LogP contribution < -0.4 is 10.1 Å². The summed E-state index contributed by atoms with van der Waals surface area (Å²) in [6.45, 7) is 3.15. The highest BCUT2D eigenvalue weighted by atomic mass is 16.5. The topological polar surface area (TPSA) is 58.6 Å².